The molecule has 0 aromatic carbocycles. The Morgan fingerprint density at radius 2 is 2.35 bits per heavy atom. The fourth-order valence-corrected chi connectivity index (χ4v) is 3.10. The maximum atomic E-state index is 5.70. The van der Waals surface area contributed by atoms with Crippen molar-refractivity contribution in [2.75, 3.05) is 0 Å². The van der Waals surface area contributed by atoms with E-state index in [4.69, 9.17) is 5.84 Å². The number of pyridine rings is 1. The van der Waals surface area contributed by atoms with E-state index in [2.05, 4.69) is 27.0 Å². The van der Waals surface area contributed by atoms with Crippen LogP contribution in [0.5, 0.6) is 0 Å². The van der Waals surface area contributed by atoms with E-state index in [1.807, 2.05) is 36.4 Å². The summed E-state index contributed by atoms with van der Waals surface area (Å²) in [5, 5.41) is 6.24. The molecule has 20 heavy (non-hydrogen) atoms. The Labute approximate surface area is 121 Å². The minimum Gasteiger partial charge on any atom is -0.276 e. The molecule has 0 aliphatic carbocycles. The zero-order chi connectivity index (χ0) is 13.9. The van der Waals surface area contributed by atoms with E-state index in [0.717, 1.165) is 23.9 Å². The topological polar surface area (TPSA) is 68.8 Å². The summed E-state index contributed by atoms with van der Waals surface area (Å²) in [7, 11) is 1.93. The first-order valence-electron chi connectivity index (χ1n) is 6.53. The Kier molecular flexibility index (Phi) is 3.77. The van der Waals surface area contributed by atoms with Crippen LogP contribution in [0.2, 0.25) is 0 Å². The number of nitrogens with one attached hydrogen (secondary N) is 1. The highest BCUT2D eigenvalue weighted by atomic mass is 32.1. The lowest BCUT2D eigenvalue weighted by molar-refractivity contribution is 0.515. The van der Waals surface area contributed by atoms with Gasteiger partial charge in [-0.2, -0.15) is 5.10 Å². The van der Waals surface area contributed by atoms with Crippen molar-refractivity contribution in [2.45, 2.75) is 18.9 Å². The average Bonchev–Trinajstić information content (AvgIpc) is 3.07. The van der Waals surface area contributed by atoms with Gasteiger partial charge in [-0.3, -0.25) is 20.9 Å². The van der Waals surface area contributed by atoms with Crippen molar-refractivity contribution in [2.24, 2.45) is 12.9 Å². The molecule has 0 saturated carbocycles. The highest BCUT2D eigenvalue weighted by Gasteiger charge is 2.12. The van der Waals surface area contributed by atoms with E-state index >= 15 is 0 Å². The molecule has 3 aromatic rings. The number of nitrogens with two attached hydrogens (primary N) is 1. The summed E-state index contributed by atoms with van der Waals surface area (Å²) in [4.78, 5) is 4.47. The summed E-state index contributed by atoms with van der Waals surface area (Å²) in [6.45, 7) is 0. The van der Waals surface area contributed by atoms with Gasteiger partial charge in [0.05, 0.1) is 16.4 Å². The predicted molar refractivity (Wildman–Crippen MR) is 81.2 cm³/mol. The summed E-state index contributed by atoms with van der Waals surface area (Å²) in [6, 6.07) is 4.31. The van der Waals surface area contributed by atoms with Crippen LogP contribution in [0.1, 0.15) is 23.6 Å². The van der Waals surface area contributed by atoms with Crippen LogP contribution < -0.4 is 11.3 Å². The van der Waals surface area contributed by atoms with Gasteiger partial charge in [0.15, 0.2) is 0 Å². The number of hydrazine groups is 1. The lowest BCUT2D eigenvalue weighted by Crippen LogP contribution is -2.28. The van der Waals surface area contributed by atoms with Crippen molar-refractivity contribution in [1.29, 1.82) is 0 Å². The molecule has 3 rings (SSSR count). The van der Waals surface area contributed by atoms with Gasteiger partial charge < -0.3 is 0 Å². The van der Waals surface area contributed by atoms with Gasteiger partial charge in [0.2, 0.25) is 0 Å². The first-order chi connectivity index (χ1) is 9.76. The molecule has 3 aromatic heterocycles. The lowest BCUT2D eigenvalue weighted by Gasteiger charge is -2.15. The highest BCUT2D eigenvalue weighted by molar-refractivity contribution is 7.17. The molecule has 0 amide bonds. The Morgan fingerprint density at radius 1 is 1.45 bits per heavy atom. The van der Waals surface area contributed by atoms with Crippen molar-refractivity contribution < 1.29 is 0 Å². The van der Waals surface area contributed by atoms with Crippen LogP contribution in [0.3, 0.4) is 0 Å². The molecule has 0 bridgehead atoms. The molecule has 6 heteroatoms. The van der Waals surface area contributed by atoms with Crippen molar-refractivity contribution in [1.82, 2.24) is 20.2 Å². The summed E-state index contributed by atoms with van der Waals surface area (Å²) >= 11 is 1.70. The first kappa shape index (κ1) is 13.2. The zero-order valence-electron chi connectivity index (χ0n) is 11.3. The molecular formula is C14H17N5S. The van der Waals surface area contributed by atoms with Gasteiger partial charge in [-0.15, -0.1) is 11.3 Å². The normalized spacial score (nSPS) is 12.9. The van der Waals surface area contributed by atoms with E-state index < -0.39 is 0 Å². The standard InChI is InChI=1S/C14H17N5S/c1-19-9-10(7-17-19)2-3-12(18-15)11-6-14-13(16-8-11)4-5-20-14/h4-9,12,18H,2-3,15H2,1H3. The number of rotatable bonds is 5. The Balaban J connectivity index is 1.74. The molecule has 3 heterocycles. The fourth-order valence-electron chi connectivity index (χ4n) is 2.31. The molecular weight excluding hydrogens is 270 g/mol. The van der Waals surface area contributed by atoms with E-state index in [1.54, 1.807) is 11.3 Å². The van der Waals surface area contributed by atoms with Crippen molar-refractivity contribution in [3.63, 3.8) is 0 Å². The van der Waals surface area contributed by atoms with Gasteiger partial charge in [-0.05, 0) is 41.5 Å². The third-order valence-electron chi connectivity index (χ3n) is 3.41. The summed E-state index contributed by atoms with van der Waals surface area (Å²) in [5.74, 6) is 5.70. The minimum absolute atomic E-state index is 0.106. The largest absolute Gasteiger partial charge is 0.276 e. The van der Waals surface area contributed by atoms with Crippen molar-refractivity contribution >= 4 is 21.6 Å². The maximum Gasteiger partial charge on any atom is 0.0809 e. The monoisotopic (exact) mass is 287 g/mol. The predicted octanol–water partition coefficient (Wildman–Crippen LogP) is 2.17. The molecule has 0 spiro atoms. The number of aromatic nitrogens is 3. The van der Waals surface area contributed by atoms with Crippen LogP contribution in [0.4, 0.5) is 0 Å². The van der Waals surface area contributed by atoms with Gasteiger partial charge in [0.25, 0.3) is 0 Å². The molecule has 0 radical (unpaired) electrons. The van der Waals surface area contributed by atoms with Gasteiger partial charge in [-0.25, -0.2) is 0 Å². The number of hydrogen-bond donors (Lipinski definition) is 2. The summed E-state index contributed by atoms with van der Waals surface area (Å²) in [5.41, 5.74) is 6.28. The van der Waals surface area contributed by atoms with Crippen molar-refractivity contribution in [3.8, 4) is 0 Å². The maximum absolute atomic E-state index is 5.70. The molecule has 0 fully saturated rings. The van der Waals surface area contributed by atoms with E-state index in [-0.39, 0.29) is 6.04 Å². The number of nitrogens with zero attached hydrogens (tertiary/aromatic N) is 3. The first-order valence-corrected chi connectivity index (χ1v) is 7.41. The number of hydrogen-bond acceptors (Lipinski definition) is 5. The van der Waals surface area contributed by atoms with E-state index in [9.17, 15) is 0 Å². The van der Waals surface area contributed by atoms with Crippen LogP contribution in [-0.2, 0) is 13.5 Å². The molecule has 0 aliphatic heterocycles. The van der Waals surface area contributed by atoms with Gasteiger partial charge >= 0.3 is 0 Å². The molecule has 3 N–H and O–H groups in total. The van der Waals surface area contributed by atoms with Crippen LogP contribution >= 0.6 is 11.3 Å². The molecule has 1 unspecified atom stereocenters. The summed E-state index contributed by atoms with van der Waals surface area (Å²) in [6.07, 6.45) is 7.69. The van der Waals surface area contributed by atoms with Crippen LogP contribution in [0.15, 0.2) is 36.1 Å². The summed E-state index contributed by atoms with van der Waals surface area (Å²) < 4.78 is 3.02. The highest BCUT2D eigenvalue weighted by Crippen LogP contribution is 2.24. The SMILES string of the molecule is Cn1cc(CCC(NN)c2cnc3ccsc3c2)cn1. The molecule has 0 aliphatic rings. The van der Waals surface area contributed by atoms with Crippen molar-refractivity contribution in [3.05, 3.63) is 47.2 Å². The quantitative estimate of drug-likeness (QED) is 0.557. The number of aryl methyl sites for hydroxylation is 2. The second kappa shape index (κ2) is 5.70. The van der Waals surface area contributed by atoms with Crippen LogP contribution in [0, 0.1) is 0 Å². The Hall–Kier alpha value is -1.76. The third-order valence-corrected chi connectivity index (χ3v) is 4.26. The van der Waals surface area contributed by atoms with Crippen LogP contribution in [0.25, 0.3) is 10.2 Å². The van der Waals surface area contributed by atoms with Gasteiger partial charge in [-0.1, -0.05) is 0 Å². The molecule has 0 saturated heterocycles. The number of fused-ring (bicyclic) bond motifs is 1. The number of thiophene rings is 1. The Morgan fingerprint density at radius 3 is 3.10 bits per heavy atom. The fraction of sp³-hybridized carbons (Fsp3) is 0.286. The van der Waals surface area contributed by atoms with E-state index in [1.165, 1.54) is 10.3 Å². The second-order valence-corrected chi connectivity index (χ2v) is 5.80. The zero-order valence-corrected chi connectivity index (χ0v) is 12.1. The minimum atomic E-state index is 0.106. The molecule has 5 nitrogen and oxygen atoms in total. The Bertz CT molecular complexity index is 702. The van der Waals surface area contributed by atoms with Gasteiger partial charge in [0, 0.05) is 25.5 Å². The molecule has 1 atom stereocenters. The van der Waals surface area contributed by atoms with Gasteiger partial charge in [0.1, 0.15) is 0 Å². The van der Waals surface area contributed by atoms with Crippen LogP contribution in [-0.4, -0.2) is 14.8 Å². The average molecular weight is 287 g/mol. The van der Waals surface area contributed by atoms with E-state index in [0.29, 0.717) is 0 Å². The third kappa shape index (κ3) is 2.72. The molecule has 104 valence electrons. The lowest BCUT2D eigenvalue weighted by atomic mass is 10.0. The smallest absolute Gasteiger partial charge is 0.0809 e. The second-order valence-electron chi connectivity index (χ2n) is 4.85.